The molecule has 0 aliphatic carbocycles. The van der Waals surface area contributed by atoms with E-state index in [4.69, 9.17) is 9.47 Å². The second-order valence-electron chi connectivity index (χ2n) is 5.49. The second-order valence-corrected chi connectivity index (χ2v) is 7.60. The van der Waals surface area contributed by atoms with Gasteiger partial charge in [0, 0.05) is 19.0 Å². The van der Waals surface area contributed by atoms with Gasteiger partial charge >= 0.3 is 0 Å². The topological polar surface area (TPSA) is 81.7 Å². The molecule has 26 heavy (non-hydrogen) atoms. The van der Waals surface area contributed by atoms with Gasteiger partial charge in [-0.1, -0.05) is 12.1 Å². The summed E-state index contributed by atoms with van der Waals surface area (Å²) in [7, 11) is -0.778. The Morgan fingerprint density at radius 2 is 1.69 bits per heavy atom. The maximum atomic E-state index is 12.8. The molecule has 6 nitrogen and oxygen atoms in total. The minimum absolute atomic E-state index is 0.0569. The average Bonchev–Trinajstić information content (AvgIpc) is 2.65. The first kappa shape index (κ1) is 19.7. The minimum Gasteiger partial charge on any atom is -0.493 e. The smallest absolute Gasteiger partial charge is 0.221 e. The molecular formula is C18H20FNO5S. The zero-order chi connectivity index (χ0) is 19.2. The van der Waals surface area contributed by atoms with E-state index in [1.165, 1.54) is 44.6 Å². The lowest BCUT2D eigenvalue weighted by Gasteiger charge is -2.10. The van der Waals surface area contributed by atoms with Crippen molar-refractivity contribution in [2.75, 3.05) is 20.0 Å². The van der Waals surface area contributed by atoms with Gasteiger partial charge in [0.2, 0.25) is 5.91 Å². The van der Waals surface area contributed by atoms with Crippen LogP contribution in [0, 0.1) is 5.82 Å². The van der Waals surface area contributed by atoms with Gasteiger partial charge < -0.3 is 14.8 Å². The van der Waals surface area contributed by atoms with E-state index >= 15 is 0 Å². The first-order chi connectivity index (χ1) is 12.4. The lowest BCUT2D eigenvalue weighted by atomic mass is 10.2. The standard InChI is InChI=1S/C18H20FNO5S/c1-24-16-8-7-15(11-17(16)25-2)26(22,23)10-9-18(21)20-12-13-3-5-14(19)6-4-13/h3-8,11H,9-10,12H2,1-2H3,(H,20,21). The maximum absolute atomic E-state index is 12.8. The molecule has 1 amide bonds. The number of halogens is 1. The highest BCUT2D eigenvalue weighted by molar-refractivity contribution is 7.91. The Hall–Kier alpha value is -2.61. The van der Waals surface area contributed by atoms with Crippen molar-refractivity contribution < 1.29 is 27.1 Å². The van der Waals surface area contributed by atoms with Gasteiger partial charge in [-0.3, -0.25) is 4.79 Å². The molecule has 0 saturated heterocycles. The van der Waals surface area contributed by atoms with Crippen LogP contribution in [0.4, 0.5) is 4.39 Å². The van der Waals surface area contributed by atoms with Crippen LogP contribution in [0.1, 0.15) is 12.0 Å². The number of methoxy groups -OCH3 is 2. The molecule has 0 aliphatic rings. The monoisotopic (exact) mass is 381 g/mol. The molecule has 0 radical (unpaired) electrons. The van der Waals surface area contributed by atoms with Gasteiger partial charge in [-0.2, -0.15) is 0 Å². The highest BCUT2D eigenvalue weighted by Gasteiger charge is 2.18. The number of hydrogen-bond donors (Lipinski definition) is 1. The zero-order valence-electron chi connectivity index (χ0n) is 14.5. The van der Waals surface area contributed by atoms with Crippen molar-refractivity contribution in [2.24, 2.45) is 0 Å². The minimum atomic E-state index is -3.65. The summed E-state index contributed by atoms with van der Waals surface area (Å²) in [6.45, 7) is 0.204. The molecule has 8 heteroatoms. The highest BCUT2D eigenvalue weighted by Crippen LogP contribution is 2.29. The van der Waals surface area contributed by atoms with Crippen LogP contribution in [0.2, 0.25) is 0 Å². The molecular weight excluding hydrogens is 361 g/mol. The van der Waals surface area contributed by atoms with Crippen LogP contribution in [0.25, 0.3) is 0 Å². The van der Waals surface area contributed by atoms with Crippen LogP contribution < -0.4 is 14.8 Å². The zero-order valence-corrected chi connectivity index (χ0v) is 15.3. The van der Waals surface area contributed by atoms with Crippen LogP contribution in [-0.2, 0) is 21.2 Å². The number of carbonyl (C=O) groups excluding carboxylic acids is 1. The molecule has 2 aromatic carbocycles. The predicted octanol–water partition coefficient (Wildman–Crippen LogP) is 2.32. The van der Waals surface area contributed by atoms with E-state index in [2.05, 4.69) is 5.32 Å². The second kappa shape index (κ2) is 8.66. The van der Waals surface area contributed by atoms with Crippen LogP contribution in [0.15, 0.2) is 47.4 Å². The van der Waals surface area contributed by atoms with Crippen molar-refractivity contribution in [1.29, 1.82) is 0 Å². The average molecular weight is 381 g/mol. The lowest BCUT2D eigenvalue weighted by Crippen LogP contribution is -2.25. The molecule has 0 aromatic heterocycles. The molecule has 2 rings (SSSR count). The molecule has 0 atom stereocenters. The Bertz CT molecular complexity index is 866. The Labute approximate surface area is 151 Å². The third-order valence-electron chi connectivity index (χ3n) is 3.71. The van der Waals surface area contributed by atoms with Crippen molar-refractivity contribution in [1.82, 2.24) is 5.32 Å². The Morgan fingerprint density at radius 1 is 1.04 bits per heavy atom. The maximum Gasteiger partial charge on any atom is 0.221 e. The number of amides is 1. The molecule has 0 unspecified atom stereocenters. The molecule has 0 aliphatic heterocycles. The molecule has 2 aromatic rings. The number of rotatable bonds is 8. The van der Waals surface area contributed by atoms with Crippen molar-refractivity contribution in [2.45, 2.75) is 17.9 Å². The number of benzene rings is 2. The van der Waals surface area contributed by atoms with Gasteiger partial charge in [-0.25, -0.2) is 12.8 Å². The van der Waals surface area contributed by atoms with Crippen molar-refractivity contribution in [3.05, 3.63) is 53.8 Å². The summed E-state index contributed by atoms with van der Waals surface area (Å²) in [6.07, 6.45) is -0.183. The first-order valence-corrected chi connectivity index (χ1v) is 9.47. The quantitative estimate of drug-likeness (QED) is 0.759. The number of nitrogens with one attached hydrogen (secondary N) is 1. The number of carbonyl (C=O) groups is 1. The molecule has 1 N–H and O–H groups in total. The fourth-order valence-electron chi connectivity index (χ4n) is 2.25. The van der Waals surface area contributed by atoms with Gasteiger partial charge in [0.15, 0.2) is 21.3 Å². The third kappa shape index (κ3) is 5.19. The fourth-order valence-corrected chi connectivity index (χ4v) is 3.50. The largest absolute Gasteiger partial charge is 0.493 e. The van der Waals surface area contributed by atoms with E-state index in [0.29, 0.717) is 11.5 Å². The summed E-state index contributed by atoms with van der Waals surface area (Å²) in [5, 5.41) is 2.61. The fraction of sp³-hybridized carbons (Fsp3) is 0.278. The van der Waals surface area contributed by atoms with Gasteiger partial charge in [0.05, 0.1) is 24.9 Å². The van der Waals surface area contributed by atoms with E-state index in [-0.39, 0.29) is 29.4 Å². The normalized spacial score (nSPS) is 11.0. The summed E-state index contributed by atoms with van der Waals surface area (Å²) in [5.74, 6) is -0.380. The molecule has 0 spiro atoms. The SMILES string of the molecule is COc1ccc(S(=O)(=O)CCC(=O)NCc2ccc(F)cc2)cc1OC. The molecule has 0 fully saturated rings. The van der Waals surface area contributed by atoms with Gasteiger partial charge in [-0.15, -0.1) is 0 Å². The summed E-state index contributed by atoms with van der Waals surface area (Å²) in [6, 6.07) is 9.97. The van der Waals surface area contributed by atoms with Crippen LogP contribution in [-0.4, -0.2) is 34.3 Å². The lowest BCUT2D eigenvalue weighted by molar-refractivity contribution is -0.120. The van der Waals surface area contributed by atoms with E-state index in [1.54, 1.807) is 12.1 Å². The summed E-state index contributed by atoms with van der Waals surface area (Å²) >= 11 is 0. The number of ether oxygens (including phenoxy) is 2. The highest BCUT2D eigenvalue weighted by atomic mass is 32.2. The van der Waals surface area contributed by atoms with Gasteiger partial charge in [-0.05, 0) is 29.8 Å². The Kier molecular flexibility index (Phi) is 6.57. The van der Waals surface area contributed by atoms with Gasteiger partial charge in [0.25, 0.3) is 0 Å². The van der Waals surface area contributed by atoms with Gasteiger partial charge in [0.1, 0.15) is 5.82 Å². The van der Waals surface area contributed by atoms with Crippen LogP contribution in [0.3, 0.4) is 0 Å². The number of hydrogen-bond acceptors (Lipinski definition) is 5. The van der Waals surface area contributed by atoms with E-state index in [0.717, 1.165) is 5.56 Å². The van der Waals surface area contributed by atoms with E-state index in [1.807, 2.05) is 0 Å². The van der Waals surface area contributed by atoms with Crippen molar-refractivity contribution >= 4 is 15.7 Å². The third-order valence-corrected chi connectivity index (χ3v) is 5.43. The summed E-state index contributed by atoms with van der Waals surface area (Å²) < 4.78 is 47.8. The molecule has 140 valence electrons. The number of sulfone groups is 1. The van der Waals surface area contributed by atoms with E-state index in [9.17, 15) is 17.6 Å². The van der Waals surface area contributed by atoms with E-state index < -0.39 is 15.7 Å². The van der Waals surface area contributed by atoms with Crippen LogP contribution >= 0.6 is 0 Å². The van der Waals surface area contributed by atoms with Crippen molar-refractivity contribution in [3.8, 4) is 11.5 Å². The summed E-state index contributed by atoms with van der Waals surface area (Å²) in [5.41, 5.74) is 0.725. The molecule has 0 heterocycles. The first-order valence-electron chi connectivity index (χ1n) is 7.81. The Morgan fingerprint density at radius 3 is 2.31 bits per heavy atom. The predicted molar refractivity (Wildman–Crippen MR) is 94.5 cm³/mol. The Balaban J connectivity index is 1.94. The van der Waals surface area contributed by atoms with Crippen molar-refractivity contribution in [3.63, 3.8) is 0 Å². The molecule has 0 bridgehead atoms. The molecule has 0 saturated carbocycles. The van der Waals surface area contributed by atoms with Crippen LogP contribution in [0.5, 0.6) is 11.5 Å². The summed E-state index contributed by atoms with van der Waals surface area (Å²) in [4.78, 5) is 11.9.